The van der Waals surface area contributed by atoms with Gasteiger partial charge in [0, 0.05) is 167 Å². The van der Waals surface area contributed by atoms with Gasteiger partial charge in [0.1, 0.15) is 46.2 Å². The number of carbonyl (C=O) groups is 3. The molecule has 0 spiro atoms. The Kier molecular flexibility index (Phi) is 60.1. The van der Waals surface area contributed by atoms with Crippen LogP contribution in [0.25, 0.3) is 11.3 Å². The Morgan fingerprint density at radius 2 is 1.05 bits per heavy atom. The van der Waals surface area contributed by atoms with E-state index in [1.807, 2.05) is 85.9 Å². The molecule has 2 aromatic heterocycles. The van der Waals surface area contributed by atoms with Crippen molar-refractivity contribution in [3.63, 3.8) is 0 Å². The largest absolute Gasteiger partial charge is 0.508 e. The lowest BCUT2D eigenvalue weighted by Crippen LogP contribution is -2.24. The number of nitro benzene ring substituents is 2. The van der Waals surface area contributed by atoms with Crippen LogP contribution in [0.1, 0.15) is 54.7 Å². The van der Waals surface area contributed by atoms with E-state index in [0.29, 0.717) is 57.7 Å². The van der Waals surface area contributed by atoms with Crippen molar-refractivity contribution in [3.8, 4) is 71.5 Å². The van der Waals surface area contributed by atoms with Crippen LogP contribution >= 0.6 is 102 Å². The van der Waals surface area contributed by atoms with Gasteiger partial charge in [0.25, 0.3) is 22.4 Å². The van der Waals surface area contributed by atoms with Gasteiger partial charge in [-0.2, -0.15) is 0 Å². The highest BCUT2D eigenvalue weighted by atomic mass is 32.9. The molecule has 38 nitrogen and oxygen atoms in total. The maximum atomic E-state index is 12.1. The predicted molar refractivity (Wildman–Crippen MR) is 492 cm³/mol. The topological polar surface area (TPSA) is 443 Å². The van der Waals surface area contributed by atoms with E-state index in [1.165, 1.54) is 160 Å². The minimum Gasteiger partial charge on any atom is -0.472 e. The first kappa shape index (κ1) is 116. The second-order valence-electron chi connectivity index (χ2n) is 20.0. The van der Waals surface area contributed by atoms with Crippen molar-refractivity contribution in [1.29, 1.82) is 0 Å². The zero-order chi connectivity index (χ0) is 91.9. The fourth-order valence-corrected chi connectivity index (χ4v) is 24.6. The standard InChI is InChI=1S/C13H8NO4PS.C12H17O4PS2.C10H10NO5PS.C10H19O7PS.C8H10NO5PS.C6H11N2O4PS3.C6H15O4PS2.2H2/c1-3-15-19(20,16-4-2)18-13-10-12(17-14-13)11-8-6-5-7-9-11;1-4-16-12(13)11(10-8-6-5-7-9-10)19-17(18,14-2)15-3;1-3-14-17(18,15-4-2)16-10-7-5-9(6-8-10)11(12)13;1-5-16-9(11)7-8(10(12)17-6-2)19-18(13,14-3)15-4;1-12-15(16,13-2)14-8-5-3-7(4-6-8)9(10)11;1-10-5-7-8(6(9)16-5)4-15-13(14,11-2)12-3;1-4-13(8)6-5-12-11(7,9-2)10-3;;/h1-2,5-10H;5-9,11H,4H2,1-3H3;1,5-8H,4H2,2H3;8H,5-7H2,1-4H3;3-6H,1-2H3;4H2,1-3H3;4-6H2,1-3H3;2*1H. The Bertz CT molecular complexity index is 4660. The molecule has 0 saturated heterocycles. The summed E-state index contributed by atoms with van der Waals surface area (Å²) in [5, 5.41) is 27.3. The van der Waals surface area contributed by atoms with Crippen LogP contribution in [0.4, 0.5) is 11.4 Å². The van der Waals surface area contributed by atoms with E-state index in [1.54, 1.807) is 27.7 Å². The fourth-order valence-electron chi connectivity index (χ4n) is 7.08. The van der Waals surface area contributed by atoms with E-state index < -0.39 is 88.2 Å². The van der Waals surface area contributed by atoms with Gasteiger partial charge in [0.05, 0.1) is 55.9 Å². The molecule has 0 aliphatic carbocycles. The van der Waals surface area contributed by atoms with Gasteiger partial charge in [-0.15, -0.1) is 5.10 Å². The molecule has 56 heteroatoms. The lowest BCUT2D eigenvalue weighted by molar-refractivity contribution is -0.385. The molecular formula is C65H94N5O33P7S11. The molecule has 2 heterocycles. The van der Waals surface area contributed by atoms with Crippen LogP contribution in [-0.4, -0.2) is 174 Å². The second-order valence-corrected chi connectivity index (χ2v) is 53.4. The molecule has 0 saturated carbocycles. The molecule has 0 aliphatic heterocycles. The van der Waals surface area contributed by atoms with Crippen molar-refractivity contribution in [2.24, 2.45) is 0 Å². The first-order valence-electron chi connectivity index (χ1n) is 33.4. The zero-order valence-electron chi connectivity index (χ0n) is 67.5. The van der Waals surface area contributed by atoms with Crippen LogP contribution in [0.5, 0.6) is 22.6 Å². The third-order valence-electron chi connectivity index (χ3n) is 12.6. The van der Waals surface area contributed by atoms with Gasteiger partial charge >= 0.3 is 56.5 Å². The van der Waals surface area contributed by atoms with E-state index in [0.717, 1.165) is 33.8 Å². The highest BCUT2D eigenvalue weighted by Crippen LogP contribution is 2.66. The highest BCUT2D eigenvalue weighted by molar-refractivity contribution is 8.68. The third kappa shape index (κ3) is 46.7. The number of non-ortho nitro benzene ring substituents is 2. The van der Waals surface area contributed by atoms with Crippen molar-refractivity contribution in [2.75, 3.05) is 122 Å². The quantitative estimate of drug-likeness (QED) is 0.00855. The van der Waals surface area contributed by atoms with Crippen LogP contribution < -0.4 is 23.2 Å². The van der Waals surface area contributed by atoms with E-state index >= 15 is 0 Å². The average molecular weight is 2040 g/mol. The van der Waals surface area contributed by atoms with Gasteiger partial charge in [-0.05, 0) is 132 Å². The summed E-state index contributed by atoms with van der Waals surface area (Å²) < 4.78 is 145. The molecule has 0 N–H and O–H groups in total. The molecule has 0 fully saturated rings. The predicted octanol–water partition coefficient (Wildman–Crippen LogP) is 17.9. The summed E-state index contributed by atoms with van der Waals surface area (Å²) in [6.45, 7) is -5.96. The molecule has 4 unspecified atom stereocenters. The number of ether oxygens (including phenoxy) is 4. The number of hydrogen-bond donors (Lipinski definition) is 0. The van der Waals surface area contributed by atoms with Crippen LogP contribution in [0.3, 0.4) is 0 Å². The first-order valence-corrected chi connectivity index (χ1v) is 57.9. The summed E-state index contributed by atoms with van der Waals surface area (Å²) in [6, 6.07) is 31.1. The Morgan fingerprint density at radius 3 is 1.46 bits per heavy atom. The molecule has 6 aromatic rings. The molecule has 0 radical (unpaired) electrons. The van der Waals surface area contributed by atoms with Gasteiger partial charge in [0.15, 0.2) is 5.76 Å². The van der Waals surface area contributed by atoms with Crippen molar-refractivity contribution < 1.29 is 141 Å². The number of aromatic nitrogens is 3. The Hall–Kier alpha value is -5.24. The minimum atomic E-state index is -3.48. The molecule has 121 heavy (non-hydrogen) atoms. The molecule has 4 atom stereocenters. The maximum absolute atomic E-state index is 12.1. The zero-order valence-corrected chi connectivity index (χ0v) is 82.8. The Balaban J connectivity index is -0.00000137. The molecule has 0 amide bonds. The van der Waals surface area contributed by atoms with Crippen LogP contribution in [0.15, 0.2) is 125 Å². The summed E-state index contributed by atoms with van der Waals surface area (Å²) in [7, 11) is 14.4. The minimum absolute atomic E-state index is 0. The lowest BCUT2D eigenvalue weighted by Gasteiger charge is -2.22. The number of esters is 3. The Labute approximate surface area is 752 Å². The summed E-state index contributed by atoms with van der Waals surface area (Å²) in [6.07, 6.45) is 20.5. The molecule has 6 rings (SSSR count). The average Bonchev–Trinajstić information content (AvgIpc) is 1.38. The maximum Gasteiger partial charge on any atom is 0.508 e. The number of benzene rings is 4. The van der Waals surface area contributed by atoms with Crippen molar-refractivity contribution >= 4 is 201 Å². The van der Waals surface area contributed by atoms with E-state index in [9.17, 15) is 52.7 Å². The van der Waals surface area contributed by atoms with Gasteiger partial charge in [-0.3, -0.25) is 48.1 Å². The third-order valence-corrected chi connectivity index (χ3v) is 40.8. The molecule has 678 valence electrons. The number of terminal acetylenes is 3. The normalized spacial score (nSPS) is 12.2. The second kappa shape index (κ2) is 62.8. The van der Waals surface area contributed by atoms with Gasteiger partial charge in [0.2, 0.25) is 11.4 Å². The number of carbonyl (C=O) groups excluding carboxylic acids is 3. The smallest absolute Gasteiger partial charge is 0.472 e. The molecule has 4 aromatic carbocycles. The number of rotatable bonds is 45. The first-order chi connectivity index (χ1) is 57.3. The fraction of sp³-hybridized carbons (Fsp3) is 0.415. The van der Waals surface area contributed by atoms with Gasteiger partial charge in [-0.25, -0.2) is 13.8 Å². The van der Waals surface area contributed by atoms with Crippen molar-refractivity contribution in [2.45, 2.75) is 57.4 Å². The van der Waals surface area contributed by atoms with Gasteiger partial charge in [-0.1, -0.05) is 98.2 Å². The molecule has 0 bridgehead atoms. The van der Waals surface area contributed by atoms with E-state index in [4.69, 9.17) is 179 Å². The number of nitro groups is 2. The summed E-state index contributed by atoms with van der Waals surface area (Å²) in [4.78, 5) is 66.3. The van der Waals surface area contributed by atoms with E-state index in [2.05, 4.69) is 10.3 Å². The monoisotopic (exact) mass is 2040 g/mol. The summed E-state index contributed by atoms with van der Waals surface area (Å²) in [5.41, 5.74) is -3.29. The summed E-state index contributed by atoms with van der Waals surface area (Å²) >= 11 is 30.5. The molecular weight excluding hydrogens is 1950 g/mol. The Morgan fingerprint density at radius 1 is 0.587 bits per heavy atom. The van der Waals surface area contributed by atoms with Crippen molar-refractivity contribution in [1.82, 2.24) is 14.9 Å². The van der Waals surface area contributed by atoms with Crippen molar-refractivity contribution in [3.05, 3.63) is 151 Å². The van der Waals surface area contributed by atoms with Gasteiger partial charge < -0.3 is 95.9 Å². The van der Waals surface area contributed by atoms with E-state index in [-0.39, 0.29) is 63.1 Å². The number of hydrogen-bond acceptors (Lipinski definition) is 45. The van der Waals surface area contributed by atoms with Crippen LogP contribution in [-0.2, 0) is 177 Å². The van der Waals surface area contributed by atoms with Crippen LogP contribution in [0, 0.1) is 57.8 Å². The summed E-state index contributed by atoms with van der Waals surface area (Å²) in [5.74, 6) is 1.66. The highest BCUT2D eigenvalue weighted by Gasteiger charge is 2.36. The number of nitrogens with zero attached hydrogens (tertiary/aromatic N) is 5. The lowest BCUT2D eigenvalue weighted by atomic mass is 10.1. The number of methoxy groups -OCH3 is 1. The SMILES string of the molecule is C#COP(=S)(OC#C)Oc1cc(-c2ccccc2)on1.C#COP(=S)(OCC)Oc1ccc([N+](=O)[O-])cc1.CCOC(=O)C(SP(=S)(OC)OC)c1ccccc1.CCOC(=O)CC(SP(=O)(OC)OC)C(=O)OCC.CCS(=O)CCSP(=O)(OC)OC.COP(=S)(OC)Oc1ccc([N+](=O)[O-])cc1.COc1nn(CSP(=S)(OC)OC)c(=O)s1.[HH].[HH]. The van der Waals surface area contributed by atoms with Crippen LogP contribution in [0.2, 0.25) is 0 Å². The molecule has 0 aliphatic rings.